The smallest absolute Gasteiger partial charge is 0.346 e. The minimum absolute atomic E-state index is 0.0234. The Balaban J connectivity index is 1.69. The molecular formula is C19H19N3O5S. The van der Waals surface area contributed by atoms with E-state index in [1.807, 2.05) is 37.3 Å². The molecule has 0 bridgehead atoms. The normalized spacial score (nSPS) is 12.0. The van der Waals surface area contributed by atoms with E-state index in [1.54, 1.807) is 6.92 Å². The summed E-state index contributed by atoms with van der Waals surface area (Å²) in [5.41, 5.74) is 0.637. The summed E-state index contributed by atoms with van der Waals surface area (Å²) >= 11 is 0.995. The van der Waals surface area contributed by atoms with Gasteiger partial charge >= 0.3 is 11.7 Å². The summed E-state index contributed by atoms with van der Waals surface area (Å²) < 4.78 is 10.5. The Kier molecular flexibility index (Phi) is 5.84. The fourth-order valence-electron chi connectivity index (χ4n) is 2.71. The van der Waals surface area contributed by atoms with Crippen molar-refractivity contribution in [1.82, 2.24) is 15.3 Å². The van der Waals surface area contributed by atoms with Crippen molar-refractivity contribution in [3.05, 3.63) is 57.8 Å². The second-order valence-corrected chi connectivity index (χ2v) is 7.07. The number of H-pyrrole nitrogens is 1. The Labute approximate surface area is 164 Å². The van der Waals surface area contributed by atoms with Crippen molar-refractivity contribution in [3.8, 4) is 0 Å². The van der Waals surface area contributed by atoms with E-state index in [0.29, 0.717) is 11.5 Å². The van der Waals surface area contributed by atoms with Gasteiger partial charge in [-0.05, 0) is 26.0 Å². The van der Waals surface area contributed by atoms with Crippen molar-refractivity contribution in [2.75, 3.05) is 12.9 Å². The number of benzene rings is 1. The van der Waals surface area contributed by atoms with Gasteiger partial charge in [0.15, 0.2) is 0 Å². The topological polar surface area (TPSA) is 114 Å². The first-order valence-electron chi connectivity index (χ1n) is 8.49. The van der Waals surface area contributed by atoms with Crippen LogP contribution >= 0.6 is 11.8 Å². The average Bonchev–Trinajstić information content (AvgIpc) is 3.10. The number of nitrogens with one attached hydrogen (secondary N) is 2. The van der Waals surface area contributed by atoms with E-state index < -0.39 is 11.7 Å². The minimum Gasteiger partial charge on any atom is -0.465 e. The number of aromatic amines is 1. The van der Waals surface area contributed by atoms with E-state index in [9.17, 15) is 14.4 Å². The van der Waals surface area contributed by atoms with E-state index >= 15 is 0 Å². The molecule has 1 atom stereocenters. The highest BCUT2D eigenvalue weighted by molar-refractivity contribution is 8.00. The molecule has 8 nitrogen and oxygen atoms in total. The van der Waals surface area contributed by atoms with Crippen LogP contribution < -0.4 is 11.0 Å². The third-order valence-corrected chi connectivity index (χ3v) is 5.04. The van der Waals surface area contributed by atoms with Crippen molar-refractivity contribution in [1.29, 1.82) is 0 Å². The van der Waals surface area contributed by atoms with Crippen LogP contribution in [0.5, 0.6) is 0 Å². The zero-order valence-electron chi connectivity index (χ0n) is 15.6. The second-order valence-electron chi connectivity index (χ2n) is 6.10. The van der Waals surface area contributed by atoms with Gasteiger partial charge in [-0.3, -0.25) is 4.79 Å². The van der Waals surface area contributed by atoms with E-state index in [1.165, 1.54) is 7.11 Å². The zero-order chi connectivity index (χ0) is 20.3. The number of carbonyl (C=O) groups is 2. The number of carbonyl (C=O) groups excluding carboxylic acids is 2. The first kappa shape index (κ1) is 19.7. The van der Waals surface area contributed by atoms with Crippen LogP contribution in [0.2, 0.25) is 0 Å². The van der Waals surface area contributed by atoms with Crippen molar-refractivity contribution >= 4 is 34.6 Å². The number of nitrogens with zero attached hydrogens (tertiary/aromatic N) is 1. The number of fused-ring (bicyclic) bond motifs is 1. The van der Waals surface area contributed by atoms with Crippen LogP contribution in [-0.4, -0.2) is 34.7 Å². The molecule has 146 valence electrons. The predicted octanol–water partition coefficient (Wildman–Crippen LogP) is 2.58. The summed E-state index contributed by atoms with van der Waals surface area (Å²) in [6, 6.07) is 9.13. The Hall–Kier alpha value is -3.07. The minimum atomic E-state index is -0.625. The quantitative estimate of drug-likeness (QED) is 0.371. The monoisotopic (exact) mass is 401 g/mol. The molecule has 3 aromatic rings. The molecule has 2 N–H and O–H groups in total. The lowest BCUT2D eigenvalue weighted by Crippen LogP contribution is -2.28. The summed E-state index contributed by atoms with van der Waals surface area (Å²) in [7, 11) is 1.24. The van der Waals surface area contributed by atoms with Gasteiger partial charge in [-0.15, -0.1) is 0 Å². The summed E-state index contributed by atoms with van der Waals surface area (Å²) in [4.78, 5) is 42.2. The zero-order valence-corrected chi connectivity index (χ0v) is 16.4. The van der Waals surface area contributed by atoms with Gasteiger partial charge in [-0.25, -0.2) is 9.59 Å². The Bertz CT molecular complexity index is 1060. The van der Waals surface area contributed by atoms with E-state index in [0.717, 1.165) is 22.7 Å². The number of aryl methyl sites for hydroxylation is 1. The largest absolute Gasteiger partial charge is 0.465 e. The van der Waals surface area contributed by atoms with Crippen LogP contribution in [0, 0.1) is 6.92 Å². The second kappa shape index (κ2) is 8.30. The number of furan rings is 1. The first-order valence-corrected chi connectivity index (χ1v) is 9.47. The van der Waals surface area contributed by atoms with Crippen LogP contribution in [0.25, 0.3) is 11.0 Å². The van der Waals surface area contributed by atoms with Crippen molar-refractivity contribution < 1.29 is 18.7 Å². The number of para-hydroxylation sites is 1. The highest BCUT2D eigenvalue weighted by Gasteiger charge is 2.20. The molecule has 0 unspecified atom stereocenters. The van der Waals surface area contributed by atoms with Crippen LogP contribution in [0.4, 0.5) is 0 Å². The number of methoxy groups -OCH3 is 1. The lowest BCUT2D eigenvalue weighted by molar-refractivity contribution is -0.119. The molecule has 2 aromatic heterocycles. The fourth-order valence-corrected chi connectivity index (χ4v) is 3.59. The Morgan fingerprint density at radius 3 is 2.82 bits per heavy atom. The fraction of sp³-hybridized carbons (Fsp3) is 0.263. The van der Waals surface area contributed by atoms with Gasteiger partial charge in [0.05, 0.1) is 18.9 Å². The van der Waals surface area contributed by atoms with E-state index in [-0.39, 0.29) is 28.3 Å². The van der Waals surface area contributed by atoms with Gasteiger partial charge in [-0.1, -0.05) is 30.0 Å². The molecule has 0 aliphatic carbocycles. The van der Waals surface area contributed by atoms with E-state index in [2.05, 4.69) is 15.3 Å². The third-order valence-electron chi connectivity index (χ3n) is 4.06. The molecule has 28 heavy (non-hydrogen) atoms. The molecule has 9 heteroatoms. The number of hydrogen-bond donors (Lipinski definition) is 2. The number of amides is 1. The van der Waals surface area contributed by atoms with Gasteiger partial charge in [0.1, 0.15) is 21.9 Å². The summed E-state index contributed by atoms with van der Waals surface area (Å²) in [6.45, 7) is 3.39. The van der Waals surface area contributed by atoms with Crippen molar-refractivity contribution in [2.45, 2.75) is 24.9 Å². The molecule has 0 aliphatic heterocycles. The highest BCUT2D eigenvalue weighted by atomic mass is 32.2. The molecule has 1 aromatic carbocycles. The molecule has 1 amide bonds. The molecule has 0 fully saturated rings. The summed E-state index contributed by atoms with van der Waals surface area (Å²) in [5.74, 6) is -0.294. The molecule has 0 aliphatic rings. The van der Waals surface area contributed by atoms with Gasteiger partial charge in [0.25, 0.3) is 0 Å². The summed E-state index contributed by atoms with van der Waals surface area (Å²) in [6.07, 6.45) is 0. The number of ether oxygens (including phenoxy) is 1. The average molecular weight is 401 g/mol. The van der Waals surface area contributed by atoms with Crippen molar-refractivity contribution in [3.63, 3.8) is 0 Å². The lowest BCUT2D eigenvalue weighted by atomic mass is 10.2. The van der Waals surface area contributed by atoms with Gasteiger partial charge in [0, 0.05) is 11.1 Å². The molecule has 0 saturated carbocycles. The van der Waals surface area contributed by atoms with Gasteiger partial charge < -0.3 is 19.5 Å². The first-order chi connectivity index (χ1) is 13.4. The van der Waals surface area contributed by atoms with Gasteiger partial charge in [0.2, 0.25) is 5.91 Å². The van der Waals surface area contributed by atoms with Crippen LogP contribution in [0.1, 0.15) is 34.8 Å². The number of thioether (sulfide) groups is 1. The number of rotatable bonds is 6. The van der Waals surface area contributed by atoms with Crippen LogP contribution in [0.15, 0.2) is 44.6 Å². The molecule has 3 rings (SSSR count). The number of hydrogen-bond acceptors (Lipinski definition) is 7. The maximum absolute atomic E-state index is 12.3. The lowest BCUT2D eigenvalue weighted by Gasteiger charge is -2.12. The van der Waals surface area contributed by atoms with Crippen LogP contribution in [0.3, 0.4) is 0 Å². The SMILES string of the molecule is COC(=O)c1c(SCC(=O)N[C@H](C)c2cc3ccccc3o2)nc(=O)[nH]c1C. The number of esters is 1. The van der Waals surface area contributed by atoms with Gasteiger partial charge in [-0.2, -0.15) is 4.98 Å². The Morgan fingerprint density at radius 2 is 2.11 bits per heavy atom. The standard InChI is InChI=1S/C19H19N3O5S/c1-10(14-8-12-6-4-5-7-13(12)27-14)20-15(23)9-28-17-16(18(24)26-3)11(2)21-19(25)22-17/h4-8,10H,9H2,1-3H3,(H,20,23)(H,21,22,25)/t10-/m1/s1. The maximum Gasteiger partial charge on any atom is 0.346 e. The molecule has 0 spiro atoms. The molecular weight excluding hydrogens is 382 g/mol. The summed E-state index contributed by atoms with van der Waals surface area (Å²) in [5, 5.41) is 3.95. The predicted molar refractivity (Wildman–Crippen MR) is 104 cm³/mol. The molecule has 2 heterocycles. The highest BCUT2D eigenvalue weighted by Crippen LogP contribution is 2.24. The van der Waals surface area contributed by atoms with Crippen molar-refractivity contribution in [2.24, 2.45) is 0 Å². The van der Waals surface area contributed by atoms with E-state index in [4.69, 9.17) is 9.15 Å². The molecule has 0 radical (unpaired) electrons. The maximum atomic E-state index is 12.3. The third kappa shape index (κ3) is 4.25. The number of aromatic nitrogens is 2. The Morgan fingerprint density at radius 1 is 1.36 bits per heavy atom. The van der Waals surface area contributed by atoms with Crippen LogP contribution in [-0.2, 0) is 9.53 Å². The molecule has 0 saturated heterocycles.